The Morgan fingerprint density at radius 3 is 2.24 bits per heavy atom. The second-order valence-electron chi connectivity index (χ2n) is 9.89. The second-order valence-corrected chi connectivity index (χ2v) is 13.5. The monoisotopic (exact) mass is 661 g/mol. The van der Waals surface area contributed by atoms with Gasteiger partial charge in [-0.3, -0.25) is 14.9 Å². The van der Waals surface area contributed by atoms with Crippen molar-refractivity contribution >= 4 is 43.2 Å². The number of esters is 1. The second kappa shape index (κ2) is 16.1. The topological polar surface area (TPSA) is 199 Å². The summed E-state index contributed by atoms with van der Waals surface area (Å²) in [5.74, 6) is -1.66. The first-order chi connectivity index (χ1) is 21.4. The molecule has 0 fully saturated rings. The zero-order chi connectivity index (χ0) is 33.0. The number of anilines is 2. The standard InChI is InChI=1S/C30H39N5O8S2/c1-4-15-44(37,38)33-18-26(34-23-13-11-22(12-14-23)30(31)32)24-16-27(41-3)28(43-19-21-9-7-6-8-10-21)17-25(24)35-45(39,40)20-29(36)42-5-2/h6-14,16-17,26,33-35H,4-5,15,18-20H2,1-3H3,(H3,31,32). The minimum Gasteiger partial charge on any atom is -0.493 e. The lowest BCUT2D eigenvalue weighted by molar-refractivity contribution is -0.139. The van der Waals surface area contributed by atoms with Crippen LogP contribution in [0.2, 0.25) is 0 Å². The number of carbonyl (C=O) groups excluding carboxylic acids is 1. The van der Waals surface area contributed by atoms with Gasteiger partial charge in [-0.2, -0.15) is 0 Å². The average molecular weight is 662 g/mol. The highest BCUT2D eigenvalue weighted by Gasteiger charge is 2.26. The molecule has 0 saturated heterocycles. The van der Waals surface area contributed by atoms with Crippen LogP contribution in [0.1, 0.15) is 43.0 Å². The molecule has 0 saturated carbocycles. The third-order valence-electron chi connectivity index (χ3n) is 6.34. The van der Waals surface area contributed by atoms with Crippen LogP contribution in [0.25, 0.3) is 0 Å². The molecule has 15 heteroatoms. The van der Waals surface area contributed by atoms with Gasteiger partial charge in [-0.1, -0.05) is 37.3 Å². The van der Waals surface area contributed by atoms with Crippen molar-refractivity contribution in [1.82, 2.24) is 4.72 Å². The number of amidine groups is 1. The molecule has 0 bridgehead atoms. The number of nitrogens with two attached hydrogens (primary N) is 1. The van der Waals surface area contributed by atoms with Gasteiger partial charge >= 0.3 is 5.97 Å². The maximum Gasteiger partial charge on any atom is 0.323 e. The van der Waals surface area contributed by atoms with Gasteiger partial charge in [0, 0.05) is 29.4 Å². The van der Waals surface area contributed by atoms with Crippen LogP contribution in [0, 0.1) is 5.41 Å². The van der Waals surface area contributed by atoms with Gasteiger partial charge in [0.25, 0.3) is 0 Å². The lowest BCUT2D eigenvalue weighted by Crippen LogP contribution is -2.33. The number of methoxy groups -OCH3 is 1. The predicted molar refractivity (Wildman–Crippen MR) is 174 cm³/mol. The summed E-state index contributed by atoms with van der Waals surface area (Å²) >= 11 is 0. The van der Waals surface area contributed by atoms with Crippen LogP contribution >= 0.6 is 0 Å². The molecule has 3 rings (SSSR count). The van der Waals surface area contributed by atoms with Crippen molar-refractivity contribution in [3.63, 3.8) is 0 Å². The van der Waals surface area contributed by atoms with Gasteiger partial charge in [-0.25, -0.2) is 21.6 Å². The number of carbonyl (C=O) groups is 1. The highest BCUT2D eigenvalue weighted by Crippen LogP contribution is 2.38. The number of rotatable bonds is 18. The molecule has 13 nitrogen and oxygen atoms in total. The number of sulfonamides is 2. The van der Waals surface area contributed by atoms with E-state index in [1.54, 1.807) is 38.1 Å². The zero-order valence-electron chi connectivity index (χ0n) is 25.3. The Hall–Kier alpha value is -4.34. The van der Waals surface area contributed by atoms with Gasteiger partial charge < -0.3 is 25.3 Å². The average Bonchev–Trinajstić information content (AvgIpc) is 2.98. The first-order valence-corrected chi connectivity index (χ1v) is 17.4. The Labute approximate surface area is 264 Å². The number of hydrogen-bond acceptors (Lipinski definition) is 10. The molecule has 0 aromatic heterocycles. The summed E-state index contributed by atoms with van der Waals surface area (Å²) in [6.07, 6.45) is 0.389. The van der Waals surface area contributed by atoms with Crippen molar-refractivity contribution in [2.24, 2.45) is 5.73 Å². The van der Waals surface area contributed by atoms with E-state index >= 15 is 0 Å². The lowest BCUT2D eigenvalue weighted by Gasteiger charge is -2.25. The first kappa shape index (κ1) is 35.1. The molecule has 0 aliphatic heterocycles. The predicted octanol–water partition coefficient (Wildman–Crippen LogP) is 3.35. The maximum atomic E-state index is 13.1. The Bertz CT molecular complexity index is 1670. The van der Waals surface area contributed by atoms with E-state index in [9.17, 15) is 21.6 Å². The number of nitrogen functional groups attached to an aromatic ring is 1. The van der Waals surface area contributed by atoms with E-state index in [0.29, 0.717) is 23.2 Å². The van der Waals surface area contributed by atoms with Gasteiger partial charge in [0.2, 0.25) is 20.0 Å². The van der Waals surface area contributed by atoms with Gasteiger partial charge in [-0.05, 0) is 49.2 Å². The Morgan fingerprint density at radius 1 is 0.956 bits per heavy atom. The van der Waals surface area contributed by atoms with E-state index in [2.05, 4.69) is 14.8 Å². The molecule has 0 aliphatic rings. The van der Waals surface area contributed by atoms with Crippen LogP contribution in [0.3, 0.4) is 0 Å². The van der Waals surface area contributed by atoms with Crippen molar-refractivity contribution in [2.75, 3.05) is 41.8 Å². The Kier molecular flexibility index (Phi) is 12.6. The van der Waals surface area contributed by atoms with Gasteiger partial charge in [0.05, 0.1) is 31.2 Å². The minimum atomic E-state index is -4.28. The van der Waals surface area contributed by atoms with Crippen LogP contribution in [-0.4, -0.2) is 60.4 Å². The molecular formula is C30H39N5O8S2. The van der Waals surface area contributed by atoms with E-state index < -0.39 is 37.8 Å². The van der Waals surface area contributed by atoms with E-state index in [1.165, 1.54) is 19.2 Å². The molecule has 1 atom stereocenters. The summed E-state index contributed by atoms with van der Waals surface area (Å²) in [5.41, 5.74) is 7.76. The molecule has 0 heterocycles. The van der Waals surface area contributed by atoms with Crippen LogP contribution in [0.4, 0.5) is 11.4 Å². The first-order valence-electron chi connectivity index (χ1n) is 14.1. The fourth-order valence-corrected chi connectivity index (χ4v) is 6.34. The third kappa shape index (κ3) is 11.0. The molecule has 0 radical (unpaired) electrons. The normalized spacial score (nSPS) is 12.2. The van der Waals surface area contributed by atoms with Gasteiger partial charge in [0.1, 0.15) is 12.4 Å². The highest BCUT2D eigenvalue weighted by atomic mass is 32.2. The molecule has 0 spiro atoms. The molecule has 45 heavy (non-hydrogen) atoms. The van der Waals surface area contributed by atoms with Gasteiger partial charge in [0.15, 0.2) is 17.3 Å². The quantitative estimate of drug-likeness (QED) is 0.0765. The molecule has 3 aromatic carbocycles. The largest absolute Gasteiger partial charge is 0.493 e. The van der Waals surface area contributed by atoms with Crippen LogP contribution in [0.15, 0.2) is 66.7 Å². The van der Waals surface area contributed by atoms with E-state index in [4.69, 9.17) is 25.4 Å². The maximum absolute atomic E-state index is 13.1. The third-order valence-corrected chi connectivity index (χ3v) is 9.04. The van der Waals surface area contributed by atoms with E-state index in [1.807, 2.05) is 30.3 Å². The molecule has 6 N–H and O–H groups in total. The van der Waals surface area contributed by atoms with Crippen molar-refractivity contribution in [3.05, 3.63) is 83.4 Å². The van der Waals surface area contributed by atoms with Crippen LogP contribution in [0.5, 0.6) is 11.5 Å². The van der Waals surface area contributed by atoms with Crippen molar-refractivity contribution in [2.45, 2.75) is 32.9 Å². The van der Waals surface area contributed by atoms with Crippen molar-refractivity contribution < 1.29 is 35.8 Å². The number of hydrogen-bond donors (Lipinski definition) is 5. The fraction of sp³-hybridized carbons (Fsp3) is 0.333. The van der Waals surface area contributed by atoms with Gasteiger partial charge in [-0.15, -0.1) is 0 Å². The van der Waals surface area contributed by atoms with Crippen molar-refractivity contribution in [1.29, 1.82) is 5.41 Å². The molecule has 0 aliphatic carbocycles. The molecule has 244 valence electrons. The summed E-state index contributed by atoms with van der Waals surface area (Å²) < 4.78 is 73.0. The van der Waals surface area contributed by atoms with Crippen LogP contribution in [-0.2, 0) is 36.2 Å². The molecular weight excluding hydrogens is 622 g/mol. The lowest BCUT2D eigenvalue weighted by atomic mass is 10.0. The highest BCUT2D eigenvalue weighted by molar-refractivity contribution is 7.93. The number of ether oxygens (including phenoxy) is 3. The summed E-state index contributed by atoms with van der Waals surface area (Å²) in [4.78, 5) is 12.1. The van der Waals surface area contributed by atoms with Crippen molar-refractivity contribution in [3.8, 4) is 11.5 Å². The smallest absolute Gasteiger partial charge is 0.323 e. The minimum absolute atomic E-state index is 0.00588. The number of benzene rings is 3. The summed E-state index contributed by atoms with van der Waals surface area (Å²) in [6, 6.07) is 18.0. The zero-order valence-corrected chi connectivity index (χ0v) is 27.0. The summed E-state index contributed by atoms with van der Waals surface area (Å²) in [7, 11) is -6.53. The van der Waals surface area contributed by atoms with Crippen LogP contribution < -0.4 is 30.0 Å². The summed E-state index contributed by atoms with van der Waals surface area (Å²) in [6.45, 7) is 3.27. The molecule has 0 amide bonds. The number of nitrogens with one attached hydrogen (secondary N) is 4. The fourth-order valence-electron chi connectivity index (χ4n) is 4.26. The van der Waals surface area contributed by atoms with E-state index in [-0.39, 0.29) is 48.5 Å². The SMILES string of the molecule is CCCS(=O)(=O)NCC(Nc1ccc(C(=N)N)cc1)c1cc(OC)c(OCc2ccccc2)cc1NS(=O)(=O)CC(=O)OCC. The Morgan fingerprint density at radius 2 is 1.64 bits per heavy atom. The Balaban J connectivity index is 2.11. The summed E-state index contributed by atoms with van der Waals surface area (Å²) in [5, 5.41) is 10.9. The molecule has 1 unspecified atom stereocenters. The molecule has 3 aromatic rings. The van der Waals surface area contributed by atoms with E-state index in [0.717, 1.165) is 5.56 Å².